The highest BCUT2D eigenvalue weighted by Gasteiger charge is 2.22. The highest BCUT2D eigenvalue weighted by molar-refractivity contribution is 5.65. The molecule has 0 atom stereocenters. The monoisotopic (exact) mass is 249 g/mol. The molecule has 2 heterocycles. The Hall–Kier alpha value is -1.78. The van der Waals surface area contributed by atoms with Crippen LogP contribution in [0.2, 0.25) is 0 Å². The Kier molecular flexibility index (Phi) is 3.41. The molecule has 1 saturated heterocycles. The quantitative estimate of drug-likeness (QED) is 0.824. The Bertz CT molecular complexity index is 466. The van der Waals surface area contributed by atoms with Crippen molar-refractivity contribution in [2.45, 2.75) is 20.8 Å². The minimum Gasteiger partial charge on any atom is -0.465 e. The van der Waals surface area contributed by atoms with E-state index in [0.717, 1.165) is 17.1 Å². The summed E-state index contributed by atoms with van der Waals surface area (Å²) in [7, 11) is 0. The lowest BCUT2D eigenvalue weighted by molar-refractivity contribution is 0.142. The SMILES string of the molecule is Cc1cc(C)c(N2CCN(C(=O)O)CC2)nc1C. The molecule has 2 rings (SSSR count). The minimum absolute atomic E-state index is 0.545. The van der Waals surface area contributed by atoms with Crippen LogP contribution in [0.5, 0.6) is 0 Å². The number of hydrogen-bond donors (Lipinski definition) is 1. The van der Waals surface area contributed by atoms with Crippen LogP contribution in [0.15, 0.2) is 6.07 Å². The highest BCUT2D eigenvalue weighted by atomic mass is 16.4. The number of carboxylic acid groups (broad SMARTS) is 1. The molecule has 0 aromatic carbocycles. The van der Waals surface area contributed by atoms with Crippen LogP contribution in [0, 0.1) is 20.8 Å². The number of carbonyl (C=O) groups is 1. The molecule has 0 aliphatic carbocycles. The predicted octanol–water partition coefficient (Wildman–Crippen LogP) is 1.81. The Morgan fingerprint density at radius 1 is 1.17 bits per heavy atom. The molecule has 0 radical (unpaired) electrons. The van der Waals surface area contributed by atoms with Crippen LogP contribution in [0.25, 0.3) is 0 Å². The second kappa shape index (κ2) is 4.84. The molecule has 1 aliphatic rings. The molecule has 0 bridgehead atoms. The van der Waals surface area contributed by atoms with E-state index in [4.69, 9.17) is 5.11 Å². The van der Waals surface area contributed by atoms with Gasteiger partial charge in [-0.2, -0.15) is 0 Å². The van der Waals surface area contributed by atoms with Crippen molar-refractivity contribution in [2.75, 3.05) is 31.1 Å². The van der Waals surface area contributed by atoms with Gasteiger partial charge in [0.05, 0.1) is 0 Å². The van der Waals surface area contributed by atoms with Crippen molar-refractivity contribution >= 4 is 11.9 Å². The molecule has 0 spiro atoms. The van der Waals surface area contributed by atoms with Crippen molar-refractivity contribution in [2.24, 2.45) is 0 Å². The maximum atomic E-state index is 10.9. The zero-order valence-electron chi connectivity index (χ0n) is 11.1. The van der Waals surface area contributed by atoms with Crippen LogP contribution < -0.4 is 4.90 Å². The van der Waals surface area contributed by atoms with Gasteiger partial charge in [-0.1, -0.05) is 6.07 Å². The first-order valence-corrected chi connectivity index (χ1v) is 6.16. The number of piperazine rings is 1. The zero-order valence-corrected chi connectivity index (χ0v) is 11.1. The van der Waals surface area contributed by atoms with Crippen molar-refractivity contribution < 1.29 is 9.90 Å². The number of aromatic nitrogens is 1. The van der Waals surface area contributed by atoms with Crippen molar-refractivity contribution in [3.8, 4) is 0 Å². The molecule has 1 N–H and O–H groups in total. The van der Waals surface area contributed by atoms with E-state index in [2.05, 4.69) is 29.8 Å². The lowest BCUT2D eigenvalue weighted by Gasteiger charge is -2.34. The van der Waals surface area contributed by atoms with Crippen molar-refractivity contribution in [1.82, 2.24) is 9.88 Å². The van der Waals surface area contributed by atoms with Gasteiger partial charge in [0.2, 0.25) is 0 Å². The van der Waals surface area contributed by atoms with E-state index in [-0.39, 0.29) is 0 Å². The van der Waals surface area contributed by atoms with E-state index in [1.807, 2.05) is 6.92 Å². The lowest BCUT2D eigenvalue weighted by Crippen LogP contribution is -2.48. The molecule has 1 amide bonds. The molecular weight excluding hydrogens is 230 g/mol. The van der Waals surface area contributed by atoms with Crippen LogP contribution in [0.1, 0.15) is 16.8 Å². The highest BCUT2D eigenvalue weighted by Crippen LogP contribution is 2.21. The third-order valence-electron chi connectivity index (χ3n) is 3.48. The number of pyridine rings is 1. The number of rotatable bonds is 1. The summed E-state index contributed by atoms with van der Waals surface area (Å²) in [5, 5.41) is 8.92. The third kappa shape index (κ3) is 2.39. The molecule has 1 fully saturated rings. The second-order valence-electron chi connectivity index (χ2n) is 4.79. The summed E-state index contributed by atoms with van der Waals surface area (Å²) in [5.41, 5.74) is 3.39. The minimum atomic E-state index is -0.834. The van der Waals surface area contributed by atoms with Gasteiger partial charge in [-0.25, -0.2) is 9.78 Å². The summed E-state index contributed by atoms with van der Waals surface area (Å²) < 4.78 is 0. The second-order valence-corrected chi connectivity index (χ2v) is 4.79. The summed E-state index contributed by atoms with van der Waals surface area (Å²) in [4.78, 5) is 19.1. The summed E-state index contributed by atoms with van der Waals surface area (Å²) in [6.45, 7) is 8.63. The molecular formula is C13H19N3O2. The summed E-state index contributed by atoms with van der Waals surface area (Å²) in [6, 6.07) is 2.14. The summed E-state index contributed by atoms with van der Waals surface area (Å²) in [6.07, 6.45) is -0.834. The van der Waals surface area contributed by atoms with E-state index >= 15 is 0 Å². The van der Waals surface area contributed by atoms with Gasteiger partial charge in [-0.15, -0.1) is 0 Å². The van der Waals surface area contributed by atoms with Gasteiger partial charge >= 0.3 is 6.09 Å². The zero-order chi connectivity index (χ0) is 13.3. The van der Waals surface area contributed by atoms with E-state index in [1.165, 1.54) is 10.5 Å². The van der Waals surface area contributed by atoms with Gasteiger partial charge in [-0.05, 0) is 31.9 Å². The molecule has 0 unspecified atom stereocenters. The first-order chi connectivity index (χ1) is 8.49. The van der Waals surface area contributed by atoms with Crippen LogP contribution in [-0.2, 0) is 0 Å². The fourth-order valence-electron chi connectivity index (χ4n) is 2.26. The third-order valence-corrected chi connectivity index (χ3v) is 3.48. The standard InChI is InChI=1S/C13H19N3O2/c1-9-8-10(2)12(14-11(9)3)15-4-6-16(7-5-15)13(17)18/h8H,4-7H2,1-3H3,(H,17,18). The lowest BCUT2D eigenvalue weighted by atomic mass is 10.1. The van der Waals surface area contributed by atoms with Gasteiger partial charge < -0.3 is 14.9 Å². The number of anilines is 1. The van der Waals surface area contributed by atoms with Crippen molar-refractivity contribution in [1.29, 1.82) is 0 Å². The molecule has 1 aromatic rings. The smallest absolute Gasteiger partial charge is 0.407 e. The fourth-order valence-corrected chi connectivity index (χ4v) is 2.26. The van der Waals surface area contributed by atoms with Gasteiger partial charge in [0, 0.05) is 31.9 Å². The predicted molar refractivity (Wildman–Crippen MR) is 70.3 cm³/mol. The van der Waals surface area contributed by atoms with Crippen molar-refractivity contribution in [3.05, 3.63) is 22.9 Å². The number of amides is 1. The Labute approximate surface area is 107 Å². The van der Waals surface area contributed by atoms with E-state index in [0.29, 0.717) is 26.2 Å². The van der Waals surface area contributed by atoms with Crippen LogP contribution in [0.3, 0.4) is 0 Å². The van der Waals surface area contributed by atoms with Crippen molar-refractivity contribution in [3.63, 3.8) is 0 Å². The normalized spacial score (nSPS) is 15.9. The number of hydrogen-bond acceptors (Lipinski definition) is 3. The Balaban J connectivity index is 2.15. The molecule has 18 heavy (non-hydrogen) atoms. The topological polar surface area (TPSA) is 56.7 Å². The molecule has 5 nitrogen and oxygen atoms in total. The first kappa shape index (κ1) is 12.7. The number of nitrogens with zero attached hydrogens (tertiary/aromatic N) is 3. The fraction of sp³-hybridized carbons (Fsp3) is 0.538. The van der Waals surface area contributed by atoms with Gasteiger partial charge in [0.25, 0.3) is 0 Å². The Morgan fingerprint density at radius 2 is 1.78 bits per heavy atom. The first-order valence-electron chi connectivity index (χ1n) is 6.16. The van der Waals surface area contributed by atoms with E-state index in [1.54, 1.807) is 0 Å². The molecule has 0 saturated carbocycles. The van der Waals surface area contributed by atoms with Gasteiger partial charge in [-0.3, -0.25) is 0 Å². The molecule has 1 aromatic heterocycles. The van der Waals surface area contributed by atoms with E-state index < -0.39 is 6.09 Å². The van der Waals surface area contributed by atoms with Crippen LogP contribution in [0.4, 0.5) is 10.6 Å². The van der Waals surface area contributed by atoms with Crippen LogP contribution in [-0.4, -0.2) is 47.3 Å². The molecule has 98 valence electrons. The largest absolute Gasteiger partial charge is 0.465 e. The molecule has 1 aliphatic heterocycles. The summed E-state index contributed by atoms with van der Waals surface area (Å²) >= 11 is 0. The number of aryl methyl sites for hydroxylation is 3. The van der Waals surface area contributed by atoms with Gasteiger partial charge in [0.15, 0.2) is 0 Å². The van der Waals surface area contributed by atoms with Crippen LogP contribution >= 0.6 is 0 Å². The average molecular weight is 249 g/mol. The van der Waals surface area contributed by atoms with E-state index in [9.17, 15) is 4.79 Å². The van der Waals surface area contributed by atoms with Gasteiger partial charge in [0.1, 0.15) is 5.82 Å². The Morgan fingerprint density at radius 3 is 2.33 bits per heavy atom. The summed E-state index contributed by atoms with van der Waals surface area (Å²) in [5.74, 6) is 0.989. The average Bonchev–Trinajstić information content (AvgIpc) is 2.34. The molecule has 5 heteroatoms. The maximum absolute atomic E-state index is 10.9. The maximum Gasteiger partial charge on any atom is 0.407 e.